The van der Waals surface area contributed by atoms with Crippen LogP contribution in [-0.4, -0.2) is 50.4 Å². The molecule has 0 unspecified atom stereocenters. The molecule has 2 aromatic carbocycles. The van der Waals surface area contributed by atoms with Gasteiger partial charge in [-0.1, -0.05) is 61.0 Å². The fourth-order valence-corrected chi connectivity index (χ4v) is 4.22. The predicted molar refractivity (Wildman–Crippen MR) is 122 cm³/mol. The molecule has 0 spiro atoms. The van der Waals surface area contributed by atoms with Crippen LogP contribution in [0.2, 0.25) is 0 Å². The monoisotopic (exact) mass is 418 g/mol. The summed E-state index contributed by atoms with van der Waals surface area (Å²) in [6.07, 6.45) is 7.36. The summed E-state index contributed by atoms with van der Waals surface area (Å²) in [5.41, 5.74) is 3.93. The van der Waals surface area contributed by atoms with Crippen LogP contribution in [0.1, 0.15) is 44.1 Å². The van der Waals surface area contributed by atoms with Gasteiger partial charge in [0, 0.05) is 0 Å². The highest BCUT2D eigenvalue weighted by molar-refractivity contribution is 7.85. The van der Waals surface area contributed by atoms with Crippen LogP contribution in [-0.2, 0) is 16.5 Å². The van der Waals surface area contributed by atoms with E-state index in [1.54, 1.807) is 0 Å². The molecule has 0 radical (unpaired) electrons. The Bertz CT molecular complexity index is 815. The maximum atomic E-state index is 10.8. The zero-order valence-electron chi connectivity index (χ0n) is 17.9. The average molecular weight is 419 g/mol. The summed E-state index contributed by atoms with van der Waals surface area (Å²) in [5.74, 6) is -0.126. The third-order valence-corrected chi connectivity index (χ3v) is 6.26. The van der Waals surface area contributed by atoms with E-state index >= 15 is 0 Å². The van der Waals surface area contributed by atoms with Gasteiger partial charge in [-0.05, 0) is 55.2 Å². The molecule has 1 N–H and O–H groups in total. The van der Waals surface area contributed by atoms with Crippen molar-refractivity contribution < 1.29 is 17.5 Å². The van der Waals surface area contributed by atoms with Crippen molar-refractivity contribution in [1.82, 2.24) is 0 Å². The van der Waals surface area contributed by atoms with Crippen molar-refractivity contribution in [1.29, 1.82) is 0 Å². The second-order valence-electron chi connectivity index (χ2n) is 8.60. The summed E-state index contributed by atoms with van der Waals surface area (Å²) in [5, 5.41) is 0. The number of unbranched alkanes of at least 4 members (excludes halogenated alkanes) is 4. The van der Waals surface area contributed by atoms with Gasteiger partial charge >= 0.3 is 0 Å². The molecule has 0 amide bonds. The van der Waals surface area contributed by atoms with E-state index in [0.717, 1.165) is 30.4 Å². The summed E-state index contributed by atoms with van der Waals surface area (Å²) in [6, 6.07) is 19.4. The van der Waals surface area contributed by atoms with Crippen molar-refractivity contribution >= 4 is 10.1 Å². The van der Waals surface area contributed by atoms with Crippen molar-refractivity contribution in [2.75, 3.05) is 32.9 Å². The number of quaternary nitrogens is 1. The molecule has 0 saturated heterocycles. The Morgan fingerprint density at radius 1 is 0.724 bits per heavy atom. The van der Waals surface area contributed by atoms with Crippen LogP contribution in [0.5, 0.6) is 0 Å². The molecule has 0 aliphatic rings. The maximum absolute atomic E-state index is 10.8. The number of nitrogens with zero attached hydrogens (tertiary/aromatic N) is 1. The molecule has 0 fully saturated rings. The van der Waals surface area contributed by atoms with Gasteiger partial charge in [0.1, 0.15) is 0 Å². The van der Waals surface area contributed by atoms with Gasteiger partial charge in [-0.2, -0.15) is 8.42 Å². The van der Waals surface area contributed by atoms with Crippen LogP contribution in [0, 0.1) is 0 Å². The lowest BCUT2D eigenvalue weighted by atomic mass is 10.0. The van der Waals surface area contributed by atoms with E-state index in [4.69, 9.17) is 4.55 Å². The lowest BCUT2D eigenvalue weighted by Gasteiger charge is -2.29. The smallest absolute Gasteiger partial charge is 0.264 e. The normalized spacial score (nSPS) is 12.2. The first-order valence-electron chi connectivity index (χ1n) is 10.7. The van der Waals surface area contributed by atoms with E-state index in [9.17, 15) is 8.42 Å². The number of benzene rings is 2. The Balaban J connectivity index is 1.58. The van der Waals surface area contributed by atoms with Crippen LogP contribution in [0.25, 0.3) is 11.1 Å². The van der Waals surface area contributed by atoms with Gasteiger partial charge in [-0.15, -0.1) is 0 Å². The number of hydrogen-bond donors (Lipinski definition) is 1. The first kappa shape index (κ1) is 23.6. The number of rotatable bonds is 13. The molecule has 0 aliphatic carbocycles. The Kier molecular flexibility index (Phi) is 9.34. The van der Waals surface area contributed by atoms with E-state index < -0.39 is 10.1 Å². The van der Waals surface area contributed by atoms with Crippen LogP contribution < -0.4 is 0 Å². The molecule has 0 bridgehead atoms. The average Bonchev–Trinajstić information content (AvgIpc) is 2.68. The molecule has 0 aliphatic heterocycles. The van der Waals surface area contributed by atoms with Gasteiger partial charge in [-0.25, -0.2) is 0 Å². The fraction of sp³-hybridized carbons (Fsp3) is 0.500. The van der Waals surface area contributed by atoms with Gasteiger partial charge in [0.2, 0.25) is 0 Å². The molecular weight excluding hydrogens is 382 g/mol. The van der Waals surface area contributed by atoms with Crippen LogP contribution >= 0.6 is 0 Å². The minimum atomic E-state index is -3.82. The molecule has 0 saturated carbocycles. The zero-order chi connectivity index (χ0) is 21.2. The van der Waals surface area contributed by atoms with Crippen LogP contribution in [0.4, 0.5) is 0 Å². The van der Waals surface area contributed by atoms with E-state index in [1.807, 2.05) is 6.07 Å². The summed E-state index contributed by atoms with van der Waals surface area (Å²) in [4.78, 5) is 0. The Labute approximate surface area is 176 Å². The zero-order valence-corrected chi connectivity index (χ0v) is 18.7. The second-order valence-corrected chi connectivity index (χ2v) is 10.2. The predicted octanol–water partition coefficient (Wildman–Crippen LogP) is 5.20. The lowest BCUT2D eigenvalue weighted by molar-refractivity contribution is -0.890. The summed E-state index contributed by atoms with van der Waals surface area (Å²) < 4.78 is 31.2. The first-order valence-corrected chi connectivity index (χ1v) is 12.3. The van der Waals surface area contributed by atoms with Gasteiger partial charge in [0.25, 0.3) is 10.1 Å². The van der Waals surface area contributed by atoms with Crippen LogP contribution in [0.3, 0.4) is 0 Å². The summed E-state index contributed by atoms with van der Waals surface area (Å²) >= 11 is 0. The molecule has 5 heteroatoms. The van der Waals surface area contributed by atoms with E-state index in [2.05, 4.69) is 62.6 Å². The van der Waals surface area contributed by atoms with Gasteiger partial charge < -0.3 is 4.48 Å². The van der Waals surface area contributed by atoms with Crippen molar-refractivity contribution in [3.63, 3.8) is 0 Å². The largest absolute Gasteiger partial charge is 0.328 e. The van der Waals surface area contributed by atoms with Crippen molar-refractivity contribution in [2.45, 2.75) is 44.9 Å². The maximum Gasteiger partial charge on any atom is 0.264 e. The van der Waals surface area contributed by atoms with E-state index in [1.165, 1.54) is 42.4 Å². The molecule has 160 valence electrons. The Hall–Kier alpha value is -1.69. The quantitative estimate of drug-likeness (QED) is 0.276. The molecule has 0 aromatic heterocycles. The molecule has 0 heterocycles. The van der Waals surface area contributed by atoms with Crippen LogP contribution in [0.15, 0.2) is 54.6 Å². The Morgan fingerprint density at radius 3 is 1.90 bits per heavy atom. The van der Waals surface area contributed by atoms with E-state index in [0.29, 0.717) is 6.42 Å². The molecule has 4 nitrogen and oxygen atoms in total. The van der Waals surface area contributed by atoms with Gasteiger partial charge in [-0.3, -0.25) is 4.55 Å². The molecule has 29 heavy (non-hydrogen) atoms. The second kappa shape index (κ2) is 11.5. The molecule has 2 aromatic rings. The third-order valence-electron chi connectivity index (χ3n) is 5.46. The third kappa shape index (κ3) is 10.1. The fourth-order valence-electron chi connectivity index (χ4n) is 3.65. The standard InChI is InChI=1S/C24H35NO3S/c1-25(2,20-10-11-21-29(26,27)28)19-9-4-3-6-12-22-15-17-24(18-16-22)23-13-7-5-8-14-23/h5,7-8,13-18H,3-4,6,9-12,19-21H2,1-2H3/p+1. The van der Waals surface area contributed by atoms with Crippen molar-refractivity contribution in [3.8, 4) is 11.1 Å². The number of hydrogen-bond acceptors (Lipinski definition) is 2. The Morgan fingerprint density at radius 2 is 1.28 bits per heavy atom. The van der Waals surface area contributed by atoms with Crippen molar-refractivity contribution in [3.05, 3.63) is 60.2 Å². The summed E-state index contributed by atoms with van der Waals surface area (Å²) in [7, 11) is 0.577. The SMILES string of the molecule is C[N+](C)(CCCCCCc1ccc(-c2ccccc2)cc1)CCCCS(=O)(=O)O. The van der Waals surface area contributed by atoms with Gasteiger partial charge in [0.05, 0.1) is 32.9 Å². The van der Waals surface area contributed by atoms with Crippen molar-refractivity contribution in [2.24, 2.45) is 0 Å². The van der Waals surface area contributed by atoms with Gasteiger partial charge in [0.15, 0.2) is 0 Å². The van der Waals surface area contributed by atoms with E-state index in [-0.39, 0.29) is 5.75 Å². The lowest BCUT2D eigenvalue weighted by Crippen LogP contribution is -2.41. The summed E-state index contributed by atoms with van der Waals surface area (Å²) in [6.45, 7) is 2.06. The molecule has 0 atom stereocenters. The molecular formula is C24H36NO3S+. The first-order chi connectivity index (χ1) is 13.8. The minimum Gasteiger partial charge on any atom is -0.328 e. The highest BCUT2D eigenvalue weighted by atomic mass is 32.2. The molecule has 2 rings (SSSR count). The highest BCUT2D eigenvalue weighted by Crippen LogP contribution is 2.20. The topological polar surface area (TPSA) is 54.4 Å². The highest BCUT2D eigenvalue weighted by Gasteiger charge is 2.14. The number of aryl methyl sites for hydroxylation is 1. The minimum absolute atomic E-state index is 0.126.